The number of halogens is 3. The molecular formula is C19H26BrF2NO. The van der Waals surface area contributed by atoms with Crippen LogP contribution in [-0.4, -0.2) is 17.1 Å². The average Bonchev–Trinajstić information content (AvgIpc) is 3.27. The summed E-state index contributed by atoms with van der Waals surface area (Å²) in [5.41, 5.74) is 7.03. The summed E-state index contributed by atoms with van der Waals surface area (Å²) in [6.45, 7) is 2.05. The third kappa shape index (κ3) is 4.48. The van der Waals surface area contributed by atoms with E-state index in [9.17, 15) is 8.78 Å². The molecule has 2 nitrogen and oxygen atoms in total. The Hall–Kier alpha value is -0.680. The molecule has 0 atom stereocenters. The smallest absolute Gasteiger partial charge is 0.248 e. The Kier molecular flexibility index (Phi) is 4.95. The monoisotopic (exact) mass is 401 g/mol. The van der Waals surface area contributed by atoms with Gasteiger partial charge >= 0.3 is 0 Å². The minimum Gasteiger partial charge on any atom is -0.486 e. The van der Waals surface area contributed by atoms with Crippen LogP contribution in [0.25, 0.3) is 0 Å². The van der Waals surface area contributed by atoms with Crippen LogP contribution in [0.2, 0.25) is 0 Å². The number of hydrogen-bond donors (Lipinski definition) is 1. The molecule has 0 radical (unpaired) electrons. The van der Waals surface area contributed by atoms with Gasteiger partial charge in [-0.05, 0) is 85.5 Å². The highest BCUT2D eigenvalue weighted by Crippen LogP contribution is 2.47. The zero-order valence-corrected chi connectivity index (χ0v) is 15.8. The fraction of sp³-hybridized carbons (Fsp3) is 0.684. The standard InChI is InChI=1S/C19H26BrF2NO/c1-14-3-4-15(20)16(13-14)24-18(9-10-18)6-2-5-17(23)7-11-19(21,22)12-8-17/h3-4,13H,2,5-12,23H2,1H3. The normalized spacial score (nSPS) is 23.7. The van der Waals surface area contributed by atoms with Gasteiger partial charge in [0.1, 0.15) is 11.4 Å². The van der Waals surface area contributed by atoms with Crippen molar-refractivity contribution in [2.45, 2.75) is 81.8 Å². The number of nitrogens with two attached hydrogens (primary N) is 1. The molecule has 134 valence electrons. The van der Waals surface area contributed by atoms with Gasteiger partial charge < -0.3 is 10.5 Å². The van der Waals surface area contributed by atoms with Crippen LogP contribution >= 0.6 is 15.9 Å². The fourth-order valence-corrected chi connectivity index (χ4v) is 3.92. The number of ether oxygens (including phenoxy) is 1. The van der Waals surface area contributed by atoms with Gasteiger partial charge in [0.2, 0.25) is 5.92 Å². The molecule has 2 aliphatic rings. The Morgan fingerprint density at radius 1 is 1.08 bits per heavy atom. The van der Waals surface area contributed by atoms with Crippen LogP contribution in [0.3, 0.4) is 0 Å². The summed E-state index contributed by atoms with van der Waals surface area (Å²) in [5.74, 6) is -1.62. The maximum atomic E-state index is 13.3. The number of aryl methyl sites for hydroxylation is 1. The molecule has 1 aromatic carbocycles. The van der Waals surface area contributed by atoms with Crippen molar-refractivity contribution in [3.05, 3.63) is 28.2 Å². The van der Waals surface area contributed by atoms with E-state index in [0.717, 1.165) is 42.3 Å². The topological polar surface area (TPSA) is 35.2 Å². The highest BCUT2D eigenvalue weighted by molar-refractivity contribution is 9.10. The van der Waals surface area contributed by atoms with Crippen molar-refractivity contribution >= 4 is 15.9 Å². The lowest BCUT2D eigenvalue weighted by molar-refractivity contribution is -0.0521. The van der Waals surface area contributed by atoms with Crippen LogP contribution < -0.4 is 10.5 Å². The predicted molar refractivity (Wildman–Crippen MR) is 95.7 cm³/mol. The van der Waals surface area contributed by atoms with Crippen LogP contribution in [-0.2, 0) is 0 Å². The summed E-state index contributed by atoms with van der Waals surface area (Å²) >= 11 is 3.54. The zero-order chi connectivity index (χ0) is 17.4. The van der Waals surface area contributed by atoms with E-state index in [4.69, 9.17) is 10.5 Å². The minimum absolute atomic E-state index is 0.0681. The summed E-state index contributed by atoms with van der Waals surface area (Å²) in [6.07, 6.45) is 5.53. The zero-order valence-electron chi connectivity index (χ0n) is 14.2. The Labute approximate surface area is 151 Å². The Morgan fingerprint density at radius 3 is 2.38 bits per heavy atom. The van der Waals surface area contributed by atoms with E-state index in [2.05, 4.69) is 28.9 Å². The molecule has 24 heavy (non-hydrogen) atoms. The Balaban J connectivity index is 1.50. The second kappa shape index (κ2) is 6.56. The first-order valence-electron chi connectivity index (χ1n) is 8.83. The van der Waals surface area contributed by atoms with E-state index in [1.165, 1.54) is 5.56 Å². The first-order valence-corrected chi connectivity index (χ1v) is 9.62. The molecule has 2 saturated carbocycles. The van der Waals surface area contributed by atoms with Gasteiger partial charge in [-0.2, -0.15) is 0 Å². The second-order valence-electron chi connectivity index (χ2n) is 7.79. The van der Waals surface area contributed by atoms with Gasteiger partial charge in [0.15, 0.2) is 0 Å². The first kappa shape index (κ1) is 18.1. The molecule has 1 aromatic rings. The largest absolute Gasteiger partial charge is 0.486 e. The van der Waals surface area contributed by atoms with E-state index >= 15 is 0 Å². The van der Waals surface area contributed by atoms with Gasteiger partial charge in [0.05, 0.1) is 4.47 Å². The van der Waals surface area contributed by atoms with Gasteiger partial charge in [-0.3, -0.25) is 0 Å². The highest BCUT2D eigenvalue weighted by atomic mass is 79.9. The van der Waals surface area contributed by atoms with E-state index in [1.807, 2.05) is 12.1 Å². The van der Waals surface area contributed by atoms with Crippen molar-refractivity contribution in [2.75, 3.05) is 0 Å². The second-order valence-corrected chi connectivity index (χ2v) is 8.65. The van der Waals surface area contributed by atoms with Crippen LogP contribution in [0.4, 0.5) is 8.78 Å². The summed E-state index contributed by atoms with van der Waals surface area (Å²) in [7, 11) is 0. The van der Waals surface area contributed by atoms with Crippen molar-refractivity contribution < 1.29 is 13.5 Å². The molecule has 0 unspecified atom stereocenters. The van der Waals surface area contributed by atoms with Crippen molar-refractivity contribution in [3.8, 4) is 5.75 Å². The van der Waals surface area contributed by atoms with Crippen LogP contribution in [0.5, 0.6) is 5.75 Å². The summed E-state index contributed by atoms with van der Waals surface area (Å²) < 4.78 is 33.9. The van der Waals surface area contributed by atoms with Gasteiger partial charge in [0, 0.05) is 18.4 Å². The molecule has 0 aliphatic heterocycles. The van der Waals surface area contributed by atoms with Crippen LogP contribution in [0.1, 0.15) is 63.4 Å². The van der Waals surface area contributed by atoms with Gasteiger partial charge in [-0.25, -0.2) is 8.78 Å². The molecule has 0 saturated heterocycles. The number of rotatable bonds is 6. The minimum atomic E-state index is -2.51. The molecule has 3 rings (SSSR count). The maximum absolute atomic E-state index is 13.3. The van der Waals surface area contributed by atoms with Gasteiger partial charge in [0.25, 0.3) is 0 Å². The van der Waals surface area contributed by atoms with Crippen molar-refractivity contribution in [3.63, 3.8) is 0 Å². The number of alkyl halides is 2. The van der Waals surface area contributed by atoms with Gasteiger partial charge in [-0.1, -0.05) is 6.07 Å². The molecule has 5 heteroatoms. The summed E-state index contributed by atoms with van der Waals surface area (Å²) in [6, 6.07) is 6.11. The molecular weight excluding hydrogens is 376 g/mol. The molecule has 0 spiro atoms. The summed E-state index contributed by atoms with van der Waals surface area (Å²) in [4.78, 5) is 0. The van der Waals surface area contributed by atoms with Crippen molar-refractivity contribution in [1.29, 1.82) is 0 Å². The number of benzene rings is 1. The molecule has 0 heterocycles. The summed E-state index contributed by atoms with van der Waals surface area (Å²) in [5, 5.41) is 0. The van der Waals surface area contributed by atoms with Crippen molar-refractivity contribution in [1.82, 2.24) is 0 Å². The van der Waals surface area contributed by atoms with Crippen LogP contribution in [0.15, 0.2) is 22.7 Å². The van der Waals surface area contributed by atoms with E-state index < -0.39 is 11.5 Å². The van der Waals surface area contributed by atoms with E-state index in [0.29, 0.717) is 12.8 Å². The third-order valence-corrected chi connectivity index (χ3v) is 6.16. The molecule has 2 aliphatic carbocycles. The number of hydrogen-bond acceptors (Lipinski definition) is 2. The van der Waals surface area contributed by atoms with Crippen molar-refractivity contribution in [2.24, 2.45) is 5.73 Å². The molecule has 0 aromatic heterocycles. The lowest BCUT2D eigenvalue weighted by Gasteiger charge is -2.37. The maximum Gasteiger partial charge on any atom is 0.248 e. The Bertz CT molecular complexity index is 591. The quantitative estimate of drug-likeness (QED) is 0.658. The van der Waals surface area contributed by atoms with Gasteiger partial charge in [-0.15, -0.1) is 0 Å². The fourth-order valence-electron chi connectivity index (χ4n) is 3.59. The molecule has 0 amide bonds. The SMILES string of the molecule is Cc1ccc(Br)c(OC2(CCCC3(N)CCC(F)(F)CC3)CC2)c1. The lowest BCUT2D eigenvalue weighted by atomic mass is 9.77. The molecule has 0 bridgehead atoms. The molecule has 2 fully saturated rings. The predicted octanol–water partition coefficient (Wildman–Crippen LogP) is 5.75. The highest BCUT2D eigenvalue weighted by Gasteiger charge is 2.46. The van der Waals surface area contributed by atoms with E-state index in [1.54, 1.807) is 0 Å². The van der Waals surface area contributed by atoms with Crippen LogP contribution in [0, 0.1) is 6.92 Å². The Morgan fingerprint density at radius 2 is 1.75 bits per heavy atom. The first-order chi connectivity index (χ1) is 11.2. The molecule has 2 N–H and O–H groups in total. The average molecular weight is 402 g/mol. The third-order valence-electron chi connectivity index (χ3n) is 5.51. The lowest BCUT2D eigenvalue weighted by Crippen LogP contribution is -2.46. The van der Waals surface area contributed by atoms with E-state index in [-0.39, 0.29) is 18.4 Å².